The molecular formula is C19H22N2O7. The predicted octanol–water partition coefficient (Wildman–Crippen LogP) is 1.27. The summed E-state index contributed by atoms with van der Waals surface area (Å²) in [5, 5.41) is 5.01. The van der Waals surface area contributed by atoms with E-state index >= 15 is 0 Å². The smallest absolute Gasteiger partial charge is 0.326 e. The number of benzene rings is 1. The van der Waals surface area contributed by atoms with Gasteiger partial charge < -0.3 is 29.3 Å². The number of carbonyl (C=O) groups excluding carboxylic acids is 3. The van der Waals surface area contributed by atoms with Crippen LogP contribution in [0.25, 0.3) is 0 Å². The maximum atomic E-state index is 12.2. The average Bonchev–Trinajstić information content (AvgIpc) is 3.23. The Balaban J connectivity index is 1.81. The topological polar surface area (TPSA) is 116 Å². The van der Waals surface area contributed by atoms with Crippen molar-refractivity contribution in [1.82, 2.24) is 10.6 Å². The van der Waals surface area contributed by atoms with Crippen LogP contribution in [0, 0.1) is 0 Å². The molecule has 9 heteroatoms. The second-order valence-corrected chi connectivity index (χ2v) is 5.71. The fourth-order valence-electron chi connectivity index (χ4n) is 2.22. The molecule has 1 aromatic carbocycles. The van der Waals surface area contributed by atoms with E-state index in [0.717, 1.165) is 0 Å². The lowest BCUT2D eigenvalue weighted by molar-refractivity contribution is -0.153. The van der Waals surface area contributed by atoms with Crippen LogP contribution in [-0.2, 0) is 20.9 Å². The van der Waals surface area contributed by atoms with Gasteiger partial charge in [0.25, 0.3) is 11.8 Å². The highest BCUT2D eigenvalue weighted by atomic mass is 16.5. The van der Waals surface area contributed by atoms with Gasteiger partial charge in [0.2, 0.25) is 0 Å². The normalized spacial score (nSPS) is 11.2. The van der Waals surface area contributed by atoms with Crippen molar-refractivity contribution in [3.05, 3.63) is 47.9 Å². The van der Waals surface area contributed by atoms with Gasteiger partial charge in [-0.25, -0.2) is 0 Å². The number of rotatable bonds is 9. The molecule has 0 aliphatic heterocycles. The zero-order chi connectivity index (χ0) is 20.5. The molecule has 0 aliphatic rings. The molecule has 1 aromatic heterocycles. The number of amides is 2. The van der Waals surface area contributed by atoms with Crippen molar-refractivity contribution < 1.29 is 33.0 Å². The third-order valence-corrected chi connectivity index (χ3v) is 3.70. The number of nitrogens with one attached hydrogen (secondary N) is 2. The molecular weight excluding hydrogens is 368 g/mol. The number of ether oxygens (including phenoxy) is 3. The van der Waals surface area contributed by atoms with Crippen LogP contribution in [-0.4, -0.2) is 44.7 Å². The van der Waals surface area contributed by atoms with Crippen molar-refractivity contribution in [2.45, 2.75) is 19.6 Å². The maximum absolute atomic E-state index is 12.2. The van der Waals surface area contributed by atoms with Crippen LogP contribution in [0.4, 0.5) is 0 Å². The second-order valence-electron chi connectivity index (χ2n) is 5.71. The van der Waals surface area contributed by atoms with Crippen molar-refractivity contribution in [3.63, 3.8) is 0 Å². The molecule has 2 amide bonds. The Bertz CT molecular complexity index is 795. The first-order valence-electron chi connectivity index (χ1n) is 8.43. The molecule has 0 radical (unpaired) electrons. The lowest BCUT2D eigenvalue weighted by Crippen LogP contribution is -2.38. The summed E-state index contributed by atoms with van der Waals surface area (Å²) in [6.07, 6.45) is 0.474. The lowest BCUT2D eigenvalue weighted by atomic mass is 10.2. The zero-order valence-electron chi connectivity index (χ0n) is 15.8. The maximum Gasteiger partial charge on any atom is 0.326 e. The Morgan fingerprint density at radius 1 is 1.07 bits per heavy atom. The van der Waals surface area contributed by atoms with Crippen molar-refractivity contribution in [2.75, 3.05) is 20.8 Å². The summed E-state index contributed by atoms with van der Waals surface area (Å²) in [7, 11) is 2.93. The summed E-state index contributed by atoms with van der Waals surface area (Å²) >= 11 is 0. The van der Waals surface area contributed by atoms with Crippen LogP contribution in [0.5, 0.6) is 11.5 Å². The molecule has 2 N–H and O–H groups in total. The summed E-state index contributed by atoms with van der Waals surface area (Å²) in [6, 6.07) is 8.04. The standard InChI is InChI=1S/C19H22N2O7/c1-12(18(23)20-10-14-5-4-6-27-14)28-17(22)11-21-19(24)13-7-15(25-2)9-16(8-13)26-3/h4-9,12H,10-11H2,1-3H3,(H,20,23)(H,21,24)/t12-/m0/s1. The number of furan rings is 1. The van der Waals surface area contributed by atoms with Crippen molar-refractivity contribution in [3.8, 4) is 11.5 Å². The van der Waals surface area contributed by atoms with Gasteiger partial charge in [-0.15, -0.1) is 0 Å². The molecule has 2 aromatic rings. The number of hydrogen-bond donors (Lipinski definition) is 2. The van der Waals surface area contributed by atoms with Crippen LogP contribution < -0.4 is 20.1 Å². The van der Waals surface area contributed by atoms with E-state index in [-0.39, 0.29) is 12.1 Å². The Hall–Kier alpha value is -3.49. The van der Waals surface area contributed by atoms with Gasteiger partial charge in [-0.1, -0.05) is 0 Å². The molecule has 0 saturated carbocycles. The Morgan fingerprint density at radius 2 is 1.75 bits per heavy atom. The van der Waals surface area contributed by atoms with Gasteiger partial charge in [-0.3, -0.25) is 14.4 Å². The van der Waals surface area contributed by atoms with Crippen LogP contribution in [0.15, 0.2) is 41.0 Å². The summed E-state index contributed by atoms with van der Waals surface area (Å²) < 4.78 is 20.3. The van der Waals surface area contributed by atoms with E-state index in [1.54, 1.807) is 18.2 Å². The second kappa shape index (κ2) is 10.0. The van der Waals surface area contributed by atoms with E-state index in [2.05, 4.69) is 10.6 Å². The monoisotopic (exact) mass is 390 g/mol. The largest absolute Gasteiger partial charge is 0.497 e. The van der Waals surface area contributed by atoms with Gasteiger partial charge in [-0.2, -0.15) is 0 Å². The predicted molar refractivity (Wildman–Crippen MR) is 98.0 cm³/mol. The Kier molecular flexibility index (Phi) is 7.44. The minimum atomic E-state index is -1.02. The van der Waals surface area contributed by atoms with E-state index in [1.807, 2.05) is 0 Å². The fraction of sp³-hybridized carbons (Fsp3) is 0.316. The highest BCUT2D eigenvalue weighted by Gasteiger charge is 2.19. The SMILES string of the molecule is COc1cc(OC)cc(C(=O)NCC(=O)O[C@@H](C)C(=O)NCc2ccco2)c1. The van der Waals surface area contributed by atoms with Gasteiger partial charge in [0.1, 0.15) is 23.8 Å². The number of carbonyl (C=O) groups is 3. The highest BCUT2D eigenvalue weighted by Crippen LogP contribution is 2.22. The van der Waals surface area contributed by atoms with Gasteiger partial charge in [0.05, 0.1) is 27.0 Å². The first kappa shape index (κ1) is 20.8. The summed E-state index contributed by atoms with van der Waals surface area (Å²) in [6.45, 7) is 1.22. The highest BCUT2D eigenvalue weighted by molar-refractivity contribution is 5.96. The number of methoxy groups -OCH3 is 2. The molecule has 0 aliphatic carbocycles. The molecule has 28 heavy (non-hydrogen) atoms. The summed E-state index contributed by atoms with van der Waals surface area (Å²) in [4.78, 5) is 36.0. The van der Waals surface area contributed by atoms with Crippen LogP contribution in [0.3, 0.4) is 0 Å². The molecule has 150 valence electrons. The minimum absolute atomic E-state index is 0.183. The quantitative estimate of drug-likeness (QED) is 0.620. The summed E-state index contributed by atoms with van der Waals surface area (Å²) in [5.41, 5.74) is 0.258. The zero-order valence-corrected chi connectivity index (χ0v) is 15.8. The van der Waals surface area contributed by atoms with E-state index in [4.69, 9.17) is 18.6 Å². The van der Waals surface area contributed by atoms with E-state index in [1.165, 1.54) is 39.5 Å². The number of hydrogen-bond acceptors (Lipinski definition) is 7. The van der Waals surface area contributed by atoms with Gasteiger partial charge in [-0.05, 0) is 31.2 Å². The van der Waals surface area contributed by atoms with E-state index < -0.39 is 30.4 Å². The van der Waals surface area contributed by atoms with Crippen LogP contribution in [0.2, 0.25) is 0 Å². The molecule has 1 atom stereocenters. The molecule has 9 nitrogen and oxygen atoms in total. The van der Waals surface area contributed by atoms with Gasteiger partial charge in [0.15, 0.2) is 6.10 Å². The average molecular weight is 390 g/mol. The summed E-state index contributed by atoms with van der Waals surface area (Å²) in [5.74, 6) is -0.280. The van der Waals surface area contributed by atoms with Gasteiger partial charge >= 0.3 is 5.97 Å². The molecule has 0 spiro atoms. The van der Waals surface area contributed by atoms with Crippen LogP contribution in [0.1, 0.15) is 23.0 Å². The van der Waals surface area contributed by atoms with Crippen LogP contribution >= 0.6 is 0 Å². The molecule has 1 heterocycles. The third kappa shape index (κ3) is 6.04. The lowest BCUT2D eigenvalue weighted by Gasteiger charge is -2.13. The van der Waals surface area contributed by atoms with E-state index in [9.17, 15) is 14.4 Å². The molecule has 0 bridgehead atoms. The molecule has 0 saturated heterocycles. The van der Waals surface area contributed by atoms with Crippen molar-refractivity contribution >= 4 is 17.8 Å². The fourth-order valence-corrected chi connectivity index (χ4v) is 2.22. The molecule has 2 rings (SSSR count). The Morgan fingerprint density at radius 3 is 2.32 bits per heavy atom. The van der Waals surface area contributed by atoms with Gasteiger partial charge in [0, 0.05) is 11.6 Å². The third-order valence-electron chi connectivity index (χ3n) is 3.70. The van der Waals surface area contributed by atoms with Crippen molar-refractivity contribution in [2.24, 2.45) is 0 Å². The Labute approximate surface area is 161 Å². The van der Waals surface area contributed by atoms with E-state index in [0.29, 0.717) is 17.3 Å². The number of esters is 1. The van der Waals surface area contributed by atoms with Crippen molar-refractivity contribution in [1.29, 1.82) is 0 Å². The minimum Gasteiger partial charge on any atom is -0.497 e. The molecule has 0 fully saturated rings. The first-order valence-corrected chi connectivity index (χ1v) is 8.43. The first-order chi connectivity index (χ1) is 13.4. The molecule has 0 unspecified atom stereocenters.